The largest absolute Gasteiger partial charge is 0.481 e. The molecule has 1 N–H and O–H groups in total. The van der Waals surface area contributed by atoms with Crippen LogP contribution < -0.4 is 0 Å². The molecule has 0 aromatic heterocycles. The molecule has 0 saturated carbocycles. The van der Waals surface area contributed by atoms with Crippen LogP contribution in [0.4, 0.5) is 17.6 Å². The molecule has 2 rings (SSSR count). The van der Waals surface area contributed by atoms with Crippen LogP contribution in [0, 0.1) is 11.2 Å². The maximum atomic E-state index is 13.7. The van der Waals surface area contributed by atoms with Crippen molar-refractivity contribution < 1.29 is 27.5 Å². The van der Waals surface area contributed by atoms with Gasteiger partial charge < -0.3 is 5.11 Å². The summed E-state index contributed by atoms with van der Waals surface area (Å²) in [6.45, 7) is 0.870. The average Bonchev–Trinajstić information content (AvgIpc) is 2.84. The van der Waals surface area contributed by atoms with E-state index in [0.29, 0.717) is 0 Å². The number of hydrogen-bond acceptors (Lipinski definition) is 2. The summed E-state index contributed by atoms with van der Waals surface area (Å²) in [6.07, 6.45) is -5.35. The van der Waals surface area contributed by atoms with E-state index in [1.54, 1.807) is 13.0 Å². The molecule has 1 aliphatic heterocycles. The Bertz CT molecular complexity index is 546. The smallest absolute Gasteiger partial charge is 0.406 e. The van der Waals surface area contributed by atoms with Gasteiger partial charge in [-0.1, -0.05) is 18.2 Å². The molecule has 21 heavy (non-hydrogen) atoms. The van der Waals surface area contributed by atoms with E-state index in [1.807, 2.05) is 0 Å². The molecular formula is C14H15F4NO2. The molecule has 3 nitrogen and oxygen atoms in total. The van der Waals surface area contributed by atoms with Gasteiger partial charge in [-0.25, -0.2) is 4.39 Å². The molecule has 0 bridgehead atoms. The highest BCUT2D eigenvalue weighted by atomic mass is 19.4. The SMILES string of the molecule is CC(c1ccccc1F)N1CCC(C(=O)O)(C(F)(F)F)C1. The summed E-state index contributed by atoms with van der Waals surface area (Å²) in [6, 6.07) is 5.20. The third kappa shape index (κ3) is 2.62. The van der Waals surface area contributed by atoms with Crippen LogP contribution in [0.1, 0.15) is 24.9 Å². The fraction of sp³-hybridized carbons (Fsp3) is 0.500. The van der Waals surface area contributed by atoms with E-state index < -0.39 is 42.4 Å². The summed E-state index contributed by atoms with van der Waals surface area (Å²) < 4.78 is 53.0. The van der Waals surface area contributed by atoms with E-state index in [4.69, 9.17) is 5.11 Å². The van der Waals surface area contributed by atoms with Crippen LogP contribution in [-0.4, -0.2) is 35.2 Å². The lowest BCUT2D eigenvalue weighted by Gasteiger charge is -2.29. The molecule has 116 valence electrons. The number of carboxylic acid groups (broad SMARTS) is 1. The average molecular weight is 305 g/mol. The van der Waals surface area contributed by atoms with Gasteiger partial charge in [-0.05, 0) is 19.4 Å². The molecule has 0 spiro atoms. The van der Waals surface area contributed by atoms with Crippen molar-refractivity contribution in [3.8, 4) is 0 Å². The number of halogens is 4. The second kappa shape index (κ2) is 5.29. The fourth-order valence-electron chi connectivity index (χ4n) is 2.71. The molecule has 0 amide bonds. The Labute approximate surface area is 119 Å². The van der Waals surface area contributed by atoms with Crippen molar-refractivity contribution in [2.24, 2.45) is 5.41 Å². The van der Waals surface area contributed by atoms with Gasteiger partial charge >= 0.3 is 12.1 Å². The quantitative estimate of drug-likeness (QED) is 0.872. The Balaban J connectivity index is 2.26. The lowest BCUT2D eigenvalue weighted by atomic mass is 9.86. The number of alkyl halides is 3. The van der Waals surface area contributed by atoms with Gasteiger partial charge in [-0.2, -0.15) is 13.2 Å². The summed E-state index contributed by atoms with van der Waals surface area (Å²) in [4.78, 5) is 12.5. The number of aliphatic carboxylic acids is 1. The zero-order valence-electron chi connectivity index (χ0n) is 11.3. The molecule has 1 aromatic rings. The van der Waals surface area contributed by atoms with Gasteiger partial charge in [-0.3, -0.25) is 9.69 Å². The third-order valence-electron chi connectivity index (χ3n) is 4.15. The second-order valence-corrected chi connectivity index (χ2v) is 5.30. The minimum atomic E-state index is -4.83. The third-order valence-corrected chi connectivity index (χ3v) is 4.15. The summed E-state index contributed by atoms with van der Waals surface area (Å²) in [7, 11) is 0. The van der Waals surface area contributed by atoms with Crippen molar-refractivity contribution in [1.29, 1.82) is 0 Å². The molecular weight excluding hydrogens is 290 g/mol. The number of likely N-dealkylation sites (tertiary alicyclic amines) is 1. The lowest BCUT2D eigenvalue weighted by Crippen LogP contribution is -2.47. The zero-order valence-corrected chi connectivity index (χ0v) is 11.3. The zero-order chi connectivity index (χ0) is 15.8. The van der Waals surface area contributed by atoms with Crippen LogP contribution in [0.25, 0.3) is 0 Å². The van der Waals surface area contributed by atoms with Crippen molar-refractivity contribution in [1.82, 2.24) is 4.90 Å². The molecule has 0 radical (unpaired) electrons. The summed E-state index contributed by atoms with van der Waals surface area (Å²) >= 11 is 0. The van der Waals surface area contributed by atoms with Crippen molar-refractivity contribution in [3.05, 3.63) is 35.6 Å². The van der Waals surface area contributed by atoms with E-state index in [1.165, 1.54) is 23.1 Å². The second-order valence-electron chi connectivity index (χ2n) is 5.30. The number of rotatable bonds is 3. The summed E-state index contributed by atoms with van der Waals surface area (Å²) in [5.41, 5.74) is -2.51. The van der Waals surface area contributed by atoms with Crippen molar-refractivity contribution in [2.45, 2.75) is 25.6 Å². The van der Waals surface area contributed by atoms with Crippen LogP contribution in [0.3, 0.4) is 0 Å². The number of nitrogens with zero attached hydrogens (tertiary/aromatic N) is 1. The Morgan fingerprint density at radius 3 is 2.48 bits per heavy atom. The van der Waals surface area contributed by atoms with E-state index in [9.17, 15) is 22.4 Å². The first-order chi connectivity index (χ1) is 9.69. The van der Waals surface area contributed by atoms with Gasteiger partial charge in [0, 0.05) is 24.7 Å². The number of carbonyl (C=O) groups is 1. The Hall–Kier alpha value is -1.63. The van der Waals surface area contributed by atoms with Gasteiger partial charge in [0.05, 0.1) is 0 Å². The van der Waals surface area contributed by atoms with E-state index in [0.717, 1.165) is 0 Å². The highest BCUT2D eigenvalue weighted by Crippen LogP contribution is 2.47. The van der Waals surface area contributed by atoms with Gasteiger partial charge in [0.2, 0.25) is 0 Å². The Kier molecular flexibility index (Phi) is 3.97. The molecule has 1 heterocycles. The first-order valence-corrected chi connectivity index (χ1v) is 6.47. The van der Waals surface area contributed by atoms with Crippen LogP contribution in [-0.2, 0) is 4.79 Å². The van der Waals surface area contributed by atoms with Gasteiger partial charge in [0.1, 0.15) is 5.82 Å². The minimum Gasteiger partial charge on any atom is -0.481 e. The highest BCUT2D eigenvalue weighted by molar-refractivity contribution is 5.76. The van der Waals surface area contributed by atoms with Crippen molar-refractivity contribution in [2.75, 3.05) is 13.1 Å². The highest BCUT2D eigenvalue weighted by Gasteiger charge is 2.63. The number of hydrogen-bond donors (Lipinski definition) is 1. The first-order valence-electron chi connectivity index (χ1n) is 6.47. The normalized spacial score (nSPS) is 25.0. The van der Waals surface area contributed by atoms with Crippen molar-refractivity contribution in [3.63, 3.8) is 0 Å². The molecule has 1 fully saturated rings. The first kappa shape index (κ1) is 15.8. The number of benzene rings is 1. The lowest BCUT2D eigenvalue weighted by molar-refractivity contribution is -0.227. The van der Waals surface area contributed by atoms with Crippen LogP contribution in [0.15, 0.2) is 24.3 Å². The fourth-order valence-corrected chi connectivity index (χ4v) is 2.71. The van der Waals surface area contributed by atoms with Crippen LogP contribution in [0.5, 0.6) is 0 Å². The van der Waals surface area contributed by atoms with E-state index in [2.05, 4.69) is 0 Å². The van der Waals surface area contributed by atoms with Crippen LogP contribution >= 0.6 is 0 Å². The molecule has 2 unspecified atom stereocenters. The number of carboxylic acids is 1. The minimum absolute atomic E-state index is 0.0404. The maximum Gasteiger partial charge on any atom is 0.406 e. The van der Waals surface area contributed by atoms with Crippen molar-refractivity contribution >= 4 is 5.97 Å². The maximum absolute atomic E-state index is 13.7. The topological polar surface area (TPSA) is 40.5 Å². The van der Waals surface area contributed by atoms with E-state index in [-0.39, 0.29) is 12.1 Å². The van der Waals surface area contributed by atoms with Gasteiger partial charge in [0.15, 0.2) is 5.41 Å². The molecule has 2 atom stereocenters. The molecule has 7 heteroatoms. The molecule has 0 aliphatic carbocycles. The Morgan fingerprint density at radius 2 is 2.00 bits per heavy atom. The van der Waals surface area contributed by atoms with E-state index >= 15 is 0 Å². The van der Waals surface area contributed by atoms with Gasteiger partial charge in [0.25, 0.3) is 0 Å². The molecule has 1 aromatic carbocycles. The van der Waals surface area contributed by atoms with Crippen LogP contribution in [0.2, 0.25) is 0 Å². The molecule has 1 aliphatic rings. The van der Waals surface area contributed by atoms with Gasteiger partial charge in [-0.15, -0.1) is 0 Å². The summed E-state index contributed by atoms with van der Waals surface area (Å²) in [5.74, 6) is -2.39. The monoisotopic (exact) mass is 305 g/mol. The predicted molar refractivity (Wildman–Crippen MR) is 67.1 cm³/mol. The Morgan fingerprint density at radius 1 is 1.38 bits per heavy atom. The standard InChI is InChI=1S/C14H15F4NO2/c1-9(10-4-2-3-5-11(10)15)19-7-6-13(8-19,12(20)21)14(16,17)18/h2-5,9H,6-8H2,1H3,(H,20,21). The molecule has 1 saturated heterocycles. The summed E-state index contributed by atoms with van der Waals surface area (Å²) in [5, 5.41) is 9.00. The predicted octanol–water partition coefficient (Wildman–Crippen LogP) is 3.23.